The Morgan fingerprint density at radius 1 is 1.24 bits per heavy atom. The fourth-order valence-electron chi connectivity index (χ4n) is 2.80. The van der Waals surface area contributed by atoms with Gasteiger partial charge < -0.3 is 20.9 Å². The number of nitrogens with zero attached hydrogens (tertiary/aromatic N) is 1. The first-order valence-electron chi connectivity index (χ1n) is 7.46. The highest BCUT2D eigenvalue weighted by atomic mass is 15.1. The van der Waals surface area contributed by atoms with Crippen molar-refractivity contribution in [1.82, 2.24) is 10.3 Å². The van der Waals surface area contributed by atoms with Crippen molar-refractivity contribution in [1.29, 1.82) is 0 Å². The molecule has 0 radical (unpaired) electrons. The fourth-order valence-corrected chi connectivity index (χ4v) is 2.80. The lowest BCUT2D eigenvalue weighted by molar-refractivity contribution is 0.624. The molecule has 2 aromatic rings. The molecule has 4 N–H and O–H groups in total. The summed E-state index contributed by atoms with van der Waals surface area (Å²) in [6, 6.07) is 12.8. The summed E-state index contributed by atoms with van der Waals surface area (Å²) in [4.78, 5) is 5.63. The van der Waals surface area contributed by atoms with Crippen molar-refractivity contribution in [2.75, 3.05) is 24.5 Å². The van der Waals surface area contributed by atoms with Crippen molar-refractivity contribution in [3.63, 3.8) is 0 Å². The first-order valence-corrected chi connectivity index (χ1v) is 7.46. The maximum absolute atomic E-state index is 5.78. The average Bonchev–Trinajstić information content (AvgIpc) is 3.17. The number of nitrogens with one attached hydrogen (secondary N) is 2. The molecule has 0 aliphatic carbocycles. The van der Waals surface area contributed by atoms with Crippen molar-refractivity contribution in [2.24, 2.45) is 11.7 Å². The molecule has 0 saturated carbocycles. The van der Waals surface area contributed by atoms with Crippen molar-refractivity contribution in [3.05, 3.63) is 54.5 Å². The van der Waals surface area contributed by atoms with Crippen molar-refractivity contribution < 1.29 is 0 Å². The number of H-pyrrole nitrogens is 1. The zero-order valence-corrected chi connectivity index (χ0v) is 12.3. The third-order valence-corrected chi connectivity index (χ3v) is 3.96. The van der Waals surface area contributed by atoms with Crippen LogP contribution in [0.2, 0.25) is 0 Å². The summed E-state index contributed by atoms with van der Waals surface area (Å²) < 4.78 is 0. The zero-order chi connectivity index (χ0) is 14.7. The Labute approximate surface area is 125 Å². The van der Waals surface area contributed by atoms with Gasteiger partial charge in [0.15, 0.2) is 0 Å². The molecule has 4 heteroatoms. The van der Waals surface area contributed by atoms with Gasteiger partial charge in [0.25, 0.3) is 0 Å². The summed E-state index contributed by atoms with van der Waals surface area (Å²) >= 11 is 0. The van der Waals surface area contributed by atoms with Gasteiger partial charge in [0, 0.05) is 43.1 Å². The minimum absolute atomic E-state index is 0.480. The summed E-state index contributed by atoms with van der Waals surface area (Å²) in [6.45, 7) is 5.11. The molecule has 0 unspecified atom stereocenters. The van der Waals surface area contributed by atoms with E-state index in [0.717, 1.165) is 31.1 Å². The van der Waals surface area contributed by atoms with Crippen LogP contribution in [-0.4, -0.2) is 24.6 Å². The highest BCUT2D eigenvalue weighted by molar-refractivity contribution is 5.63. The highest BCUT2D eigenvalue weighted by Gasteiger charge is 2.16. The van der Waals surface area contributed by atoms with Gasteiger partial charge >= 0.3 is 0 Å². The molecule has 4 nitrogen and oxygen atoms in total. The Morgan fingerprint density at radius 2 is 2.05 bits per heavy atom. The Balaban J connectivity index is 1.72. The summed E-state index contributed by atoms with van der Waals surface area (Å²) in [5.41, 5.74) is 9.41. The summed E-state index contributed by atoms with van der Waals surface area (Å²) in [6.07, 6.45) is 4.07. The number of anilines is 1. The SMILES string of the molecule is CCN(C[C@H]1C=C(N)NC1)c1ccc(-c2ccc[nH]2)cc1. The van der Waals surface area contributed by atoms with E-state index in [1.807, 2.05) is 12.3 Å². The Hall–Kier alpha value is -2.36. The van der Waals surface area contributed by atoms with Gasteiger partial charge in [-0.25, -0.2) is 0 Å². The monoisotopic (exact) mass is 282 g/mol. The molecule has 1 atom stereocenters. The van der Waals surface area contributed by atoms with Crippen molar-refractivity contribution in [2.45, 2.75) is 6.92 Å². The van der Waals surface area contributed by atoms with Crippen LogP contribution in [0.4, 0.5) is 5.69 Å². The van der Waals surface area contributed by atoms with E-state index in [2.05, 4.69) is 58.5 Å². The molecule has 0 amide bonds. The number of hydrogen-bond donors (Lipinski definition) is 3. The van der Waals surface area contributed by atoms with E-state index < -0.39 is 0 Å². The van der Waals surface area contributed by atoms with Crippen LogP contribution in [0, 0.1) is 5.92 Å². The van der Waals surface area contributed by atoms with Crippen LogP contribution in [0.25, 0.3) is 11.3 Å². The largest absolute Gasteiger partial charge is 0.386 e. The topological polar surface area (TPSA) is 57.1 Å². The van der Waals surface area contributed by atoms with Gasteiger partial charge in [0.05, 0.1) is 5.82 Å². The van der Waals surface area contributed by atoms with E-state index in [1.165, 1.54) is 11.3 Å². The average molecular weight is 282 g/mol. The van der Waals surface area contributed by atoms with Gasteiger partial charge in [-0.3, -0.25) is 0 Å². The lowest BCUT2D eigenvalue weighted by Gasteiger charge is -2.25. The molecule has 1 aliphatic rings. The smallest absolute Gasteiger partial charge is 0.0923 e. The van der Waals surface area contributed by atoms with Crippen LogP contribution in [0.1, 0.15) is 6.92 Å². The predicted octanol–water partition coefficient (Wildman–Crippen LogP) is 2.53. The van der Waals surface area contributed by atoms with Crippen LogP contribution < -0.4 is 16.0 Å². The molecular formula is C17H22N4. The molecule has 0 spiro atoms. The minimum atomic E-state index is 0.480. The number of rotatable bonds is 5. The first-order chi connectivity index (χ1) is 10.3. The van der Waals surface area contributed by atoms with E-state index in [0.29, 0.717) is 5.92 Å². The van der Waals surface area contributed by atoms with Crippen molar-refractivity contribution >= 4 is 5.69 Å². The van der Waals surface area contributed by atoms with Crippen LogP contribution >= 0.6 is 0 Å². The van der Waals surface area contributed by atoms with E-state index in [4.69, 9.17) is 5.73 Å². The number of hydrogen-bond acceptors (Lipinski definition) is 3. The molecule has 1 aromatic carbocycles. The van der Waals surface area contributed by atoms with E-state index in [-0.39, 0.29) is 0 Å². The molecule has 0 fully saturated rings. The Bertz CT molecular complexity index is 598. The quantitative estimate of drug-likeness (QED) is 0.790. The summed E-state index contributed by atoms with van der Waals surface area (Å²) in [5, 5.41) is 3.19. The molecule has 2 heterocycles. The molecule has 3 rings (SSSR count). The third-order valence-electron chi connectivity index (χ3n) is 3.96. The molecular weight excluding hydrogens is 260 g/mol. The lowest BCUT2D eigenvalue weighted by Crippen LogP contribution is -2.30. The Morgan fingerprint density at radius 3 is 2.62 bits per heavy atom. The standard InChI is InChI=1S/C17H22N4/c1-2-21(12-13-10-17(18)20-11-13)15-7-5-14(6-8-15)16-4-3-9-19-16/h3-10,13,19-20H,2,11-12,18H2,1H3/t13-/m0/s1. The maximum Gasteiger partial charge on any atom is 0.0923 e. The molecule has 110 valence electrons. The number of nitrogens with two attached hydrogens (primary N) is 1. The maximum atomic E-state index is 5.78. The van der Waals surface area contributed by atoms with Crippen LogP contribution in [-0.2, 0) is 0 Å². The minimum Gasteiger partial charge on any atom is -0.386 e. The van der Waals surface area contributed by atoms with Gasteiger partial charge in [0.1, 0.15) is 0 Å². The fraction of sp³-hybridized carbons (Fsp3) is 0.294. The molecule has 1 aromatic heterocycles. The van der Waals surface area contributed by atoms with Crippen LogP contribution in [0.5, 0.6) is 0 Å². The lowest BCUT2D eigenvalue weighted by atomic mass is 10.1. The summed E-state index contributed by atoms with van der Waals surface area (Å²) in [5.74, 6) is 1.28. The second-order valence-electron chi connectivity index (χ2n) is 5.43. The Kier molecular flexibility index (Phi) is 3.86. The van der Waals surface area contributed by atoms with E-state index in [1.54, 1.807) is 0 Å². The predicted molar refractivity (Wildman–Crippen MR) is 87.9 cm³/mol. The molecule has 1 aliphatic heterocycles. The summed E-state index contributed by atoms with van der Waals surface area (Å²) in [7, 11) is 0. The highest BCUT2D eigenvalue weighted by Crippen LogP contribution is 2.23. The number of benzene rings is 1. The molecule has 0 bridgehead atoms. The van der Waals surface area contributed by atoms with Gasteiger partial charge in [-0.2, -0.15) is 0 Å². The number of aromatic amines is 1. The van der Waals surface area contributed by atoms with Crippen molar-refractivity contribution in [3.8, 4) is 11.3 Å². The van der Waals surface area contributed by atoms with E-state index >= 15 is 0 Å². The molecule has 21 heavy (non-hydrogen) atoms. The first kappa shape index (κ1) is 13.6. The second-order valence-corrected chi connectivity index (χ2v) is 5.43. The second kappa shape index (κ2) is 5.95. The molecule has 0 saturated heterocycles. The van der Waals surface area contributed by atoms with Crippen LogP contribution in [0.15, 0.2) is 54.5 Å². The normalized spacial score (nSPS) is 17.4. The van der Waals surface area contributed by atoms with Gasteiger partial charge in [-0.1, -0.05) is 12.1 Å². The third kappa shape index (κ3) is 3.05. The number of aromatic nitrogens is 1. The van der Waals surface area contributed by atoms with Gasteiger partial charge in [-0.05, 0) is 42.8 Å². The van der Waals surface area contributed by atoms with Gasteiger partial charge in [-0.15, -0.1) is 0 Å². The zero-order valence-electron chi connectivity index (χ0n) is 12.3. The van der Waals surface area contributed by atoms with E-state index in [9.17, 15) is 0 Å². The van der Waals surface area contributed by atoms with Crippen LogP contribution in [0.3, 0.4) is 0 Å². The van der Waals surface area contributed by atoms with Gasteiger partial charge in [0.2, 0.25) is 0 Å².